The van der Waals surface area contributed by atoms with Crippen molar-refractivity contribution in [2.75, 3.05) is 26.2 Å². The van der Waals surface area contributed by atoms with Crippen LogP contribution in [0, 0.1) is 0 Å². The molecule has 1 aliphatic rings. The molecule has 4 rings (SSSR count). The van der Waals surface area contributed by atoms with E-state index >= 15 is 0 Å². The Labute approximate surface area is 169 Å². The van der Waals surface area contributed by atoms with Crippen molar-refractivity contribution in [3.63, 3.8) is 0 Å². The molecule has 0 spiro atoms. The third-order valence-electron chi connectivity index (χ3n) is 5.05. The van der Waals surface area contributed by atoms with Crippen LogP contribution in [-0.4, -0.2) is 46.8 Å². The fourth-order valence-electron chi connectivity index (χ4n) is 3.48. The number of nitrogens with one attached hydrogen (secondary N) is 1. The smallest absolute Gasteiger partial charge is 0.246 e. The van der Waals surface area contributed by atoms with Crippen LogP contribution in [0.15, 0.2) is 66.3 Å². The summed E-state index contributed by atoms with van der Waals surface area (Å²) >= 11 is 1.81. The lowest BCUT2D eigenvalue weighted by molar-refractivity contribution is -0.917. The molecule has 0 atom stereocenters. The number of rotatable bonds is 6. The van der Waals surface area contributed by atoms with Gasteiger partial charge in [0.15, 0.2) is 0 Å². The zero-order valence-electron chi connectivity index (χ0n) is 15.8. The van der Waals surface area contributed by atoms with E-state index < -0.39 is 0 Å². The van der Waals surface area contributed by atoms with Gasteiger partial charge in [-0.3, -0.25) is 9.48 Å². The predicted molar refractivity (Wildman–Crippen MR) is 112 cm³/mol. The summed E-state index contributed by atoms with van der Waals surface area (Å²) in [5.41, 5.74) is 2.16. The average molecular weight is 394 g/mol. The van der Waals surface area contributed by atoms with E-state index in [1.807, 2.05) is 51.4 Å². The number of quaternary nitrogens is 1. The lowest BCUT2D eigenvalue weighted by atomic mass is 10.2. The van der Waals surface area contributed by atoms with Crippen LogP contribution in [0.1, 0.15) is 16.0 Å². The van der Waals surface area contributed by atoms with Gasteiger partial charge in [0.2, 0.25) is 5.91 Å². The molecule has 5 nitrogen and oxygen atoms in total. The lowest BCUT2D eigenvalue weighted by Gasteiger charge is -2.31. The van der Waals surface area contributed by atoms with Gasteiger partial charge in [-0.15, -0.1) is 11.3 Å². The van der Waals surface area contributed by atoms with E-state index in [0.29, 0.717) is 0 Å². The number of amides is 1. The highest BCUT2D eigenvalue weighted by atomic mass is 32.1. The van der Waals surface area contributed by atoms with Crippen molar-refractivity contribution in [2.45, 2.75) is 13.1 Å². The number of thiophene rings is 1. The molecular weight excluding hydrogens is 368 g/mol. The van der Waals surface area contributed by atoms with E-state index in [4.69, 9.17) is 0 Å². The van der Waals surface area contributed by atoms with E-state index in [0.717, 1.165) is 44.8 Å². The van der Waals surface area contributed by atoms with E-state index in [9.17, 15) is 4.79 Å². The van der Waals surface area contributed by atoms with Gasteiger partial charge >= 0.3 is 0 Å². The van der Waals surface area contributed by atoms with Crippen molar-refractivity contribution < 1.29 is 9.69 Å². The van der Waals surface area contributed by atoms with Gasteiger partial charge in [-0.25, -0.2) is 0 Å². The molecule has 1 saturated heterocycles. The summed E-state index contributed by atoms with van der Waals surface area (Å²) in [5.74, 6) is 0.0889. The Hall–Kier alpha value is -2.70. The van der Waals surface area contributed by atoms with Gasteiger partial charge in [0, 0.05) is 17.8 Å². The highest BCUT2D eigenvalue weighted by molar-refractivity contribution is 7.09. The van der Waals surface area contributed by atoms with E-state index in [1.54, 1.807) is 17.2 Å². The number of aromatic nitrogens is 2. The van der Waals surface area contributed by atoms with Gasteiger partial charge in [-0.1, -0.05) is 36.4 Å². The SMILES string of the molecule is O=C(/C=C/c1cnn(Cc2ccccc2)c1)N1CC[NH+](Cc2cccs2)CC1. The Morgan fingerprint density at radius 2 is 1.96 bits per heavy atom. The first-order chi connectivity index (χ1) is 13.8. The maximum absolute atomic E-state index is 12.5. The number of hydrogen-bond acceptors (Lipinski definition) is 3. The molecule has 0 unspecified atom stereocenters. The van der Waals surface area contributed by atoms with Crippen LogP contribution in [0.25, 0.3) is 6.08 Å². The van der Waals surface area contributed by atoms with Crippen molar-refractivity contribution in [1.82, 2.24) is 14.7 Å². The summed E-state index contributed by atoms with van der Waals surface area (Å²) < 4.78 is 1.90. The molecule has 2 aromatic heterocycles. The first-order valence-electron chi connectivity index (χ1n) is 9.65. The summed E-state index contributed by atoms with van der Waals surface area (Å²) in [6.07, 6.45) is 7.31. The topological polar surface area (TPSA) is 42.6 Å². The molecule has 1 N–H and O–H groups in total. The summed E-state index contributed by atoms with van der Waals surface area (Å²) in [4.78, 5) is 17.4. The maximum Gasteiger partial charge on any atom is 0.246 e. The molecule has 28 heavy (non-hydrogen) atoms. The Balaban J connectivity index is 1.26. The summed E-state index contributed by atoms with van der Waals surface area (Å²) in [5, 5.41) is 6.51. The third-order valence-corrected chi connectivity index (χ3v) is 5.92. The number of benzene rings is 1. The highest BCUT2D eigenvalue weighted by Gasteiger charge is 2.22. The van der Waals surface area contributed by atoms with Crippen molar-refractivity contribution in [3.8, 4) is 0 Å². The Morgan fingerprint density at radius 1 is 1.14 bits per heavy atom. The van der Waals surface area contributed by atoms with Crippen molar-refractivity contribution in [2.24, 2.45) is 0 Å². The van der Waals surface area contributed by atoms with Gasteiger partial charge in [0.05, 0.1) is 43.8 Å². The first-order valence-corrected chi connectivity index (χ1v) is 10.5. The monoisotopic (exact) mass is 393 g/mol. The van der Waals surface area contributed by atoms with E-state index in [-0.39, 0.29) is 5.91 Å². The zero-order chi connectivity index (χ0) is 19.2. The van der Waals surface area contributed by atoms with Crippen molar-refractivity contribution in [3.05, 3.63) is 82.3 Å². The second-order valence-corrected chi connectivity index (χ2v) is 8.15. The van der Waals surface area contributed by atoms with Gasteiger partial charge in [0.1, 0.15) is 6.54 Å². The van der Waals surface area contributed by atoms with Crippen LogP contribution in [0.4, 0.5) is 0 Å². The van der Waals surface area contributed by atoms with Crippen molar-refractivity contribution in [1.29, 1.82) is 0 Å². The quantitative estimate of drug-likeness (QED) is 0.651. The molecule has 3 heterocycles. The highest BCUT2D eigenvalue weighted by Crippen LogP contribution is 2.07. The van der Waals surface area contributed by atoms with Crippen LogP contribution < -0.4 is 4.90 Å². The molecule has 144 valence electrons. The number of carbonyl (C=O) groups excluding carboxylic acids is 1. The minimum absolute atomic E-state index is 0.0889. The molecule has 0 bridgehead atoms. The maximum atomic E-state index is 12.5. The van der Waals surface area contributed by atoms with Gasteiger partial charge in [-0.05, 0) is 23.1 Å². The number of nitrogens with zero attached hydrogens (tertiary/aromatic N) is 3. The first kappa shape index (κ1) is 18.7. The summed E-state index contributed by atoms with van der Waals surface area (Å²) in [7, 11) is 0. The molecule has 3 aromatic rings. The molecule has 6 heteroatoms. The molecule has 1 aliphatic heterocycles. The summed E-state index contributed by atoms with van der Waals surface area (Å²) in [6, 6.07) is 14.5. The van der Waals surface area contributed by atoms with Gasteiger partial charge < -0.3 is 9.80 Å². The second kappa shape index (κ2) is 8.99. The van der Waals surface area contributed by atoms with Gasteiger partial charge in [0.25, 0.3) is 0 Å². The molecule has 0 saturated carbocycles. The van der Waals surface area contributed by atoms with Crippen LogP contribution >= 0.6 is 11.3 Å². The second-order valence-electron chi connectivity index (χ2n) is 7.12. The predicted octanol–water partition coefficient (Wildman–Crippen LogP) is 1.93. The van der Waals surface area contributed by atoms with Crippen LogP contribution in [0.2, 0.25) is 0 Å². The molecule has 1 amide bonds. The van der Waals surface area contributed by atoms with Crippen LogP contribution in [0.3, 0.4) is 0 Å². The molecule has 1 fully saturated rings. The molecule has 0 radical (unpaired) electrons. The Bertz CT molecular complexity index is 909. The number of piperazine rings is 1. The third kappa shape index (κ3) is 4.97. The molecule has 1 aromatic carbocycles. The lowest BCUT2D eigenvalue weighted by Crippen LogP contribution is -3.13. The molecule has 0 aliphatic carbocycles. The Kier molecular flexibility index (Phi) is 5.99. The minimum Gasteiger partial charge on any atom is -0.328 e. The van der Waals surface area contributed by atoms with Crippen molar-refractivity contribution >= 4 is 23.3 Å². The fourth-order valence-corrected chi connectivity index (χ4v) is 4.25. The number of carbonyl (C=O) groups is 1. The minimum atomic E-state index is 0.0889. The van der Waals surface area contributed by atoms with Gasteiger partial charge in [-0.2, -0.15) is 5.10 Å². The van der Waals surface area contributed by atoms with E-state index in [1.165, 1.54) is 10.4 Å². The van der Waals surface area contributed by atoms with Crippen LogP contribution in [0.5, 0.6) is 0 Å². The average Bonchev–Trinajstić information content (AvgIpc) is 3.40. The largest absolute Gasteiger partial charge is 0.328 e. The standard InChI is InChI=1S/C22H24N4OS/c27-22(25-12-10-24(11-13-25)18-21-7-4-14-28-21)9-8-20-15-23-26(17-20)16-19-5-2-1-3-6-19/h1-9,14-15,17H,10-13,16,18H2/p+1/b9-8+. The van der Waals surface area contributed by atoms with E-state index in [2.05, 4.69) is 34.7 Å². The normalized spacial score (nSPS) is 15.4. The number of hydrogen-bond donors (Lipinski definition) is 1. The Morgan fingerprint density at radius 3 is 2.71 bits per heavy atom. The van der Waals surface area contributed by atoms with Crippen LogP contribution in [-0.2, 0) is 17.9 Å². The fraction of sp³-hybridized carbons (Fsp3) is 0.273. The zero-order valence-corrected chi connectivity index (χ0v) is 16.6. The summed E-state index contributed by atoms with van der Waals surface area (Å²) in [6.45, 7) is 5.45. The molecular formula is C22H25N4OS+.